The van der Waals surface area contributed by atoms with Gasteiger partial charge in [-0.15, -0.1) is 0 Å². The van der Waals surface area contributed by atoms with Gasteiger partial charge in [-0.3, -0.25) is 4.79 Å². The van der Waals surface area contributed by atoms with E-state index in [0.29, 0.717) is 22.5 Å². The molecule has 1 aromatic carbocycles. The molecule has 0 unspecified atom stereocenters. The van der Waals surface area contributed by atoms with Crippen LogP contribution in [-0.2, 0) is 0 Å². The van der Waals surface area contributed by atoms with E-state index in [2.05, 4.69) is 4.98 Å². The number of benzene rings is 1. The zero-order valence-electron chi connectivity index (χ0n) is 12.0. The second-order valence-corrected chi connectivity index (χ2v) is 4.81. The number of rotatable bonds is 3. The Balaban J connectivity index is 2.40. The van der Waals surface area contributed by atoms with Crippen LogP contribution in [0, 0.1) is 13.8 Å². The van der Waals surface area contributed by atoms with Gasteiger partial charge in [-0.25, -0.2) is 4.79 Å². The van der Waals surface area contributed by atoms with E-state index < -0.39 is 5.97 Å². The molecule has 110 valence electrons. The summed E-state index contributed by atoms with van der Waals surface area (Å²) in [5, 5.41) is 18.4. The van der Waals surface area contributed by atoms with Crippen LogP contribution in [0.1, 0.15) is 32.1 Å². The lowest BCUT2D eigenvalue weighted by molar-refractivity contribution is 0.0690. The van der Waals surface area contributed by atoms with Gasteiger partial charge >= 0.3 is 5.97 Å². The number of aryl methyl sites for hydroxylation is 1. The van der Waals surface area contributed by atoms with E-state index in [0.717, 1.165) is 0 Å². The summed E-state index contributed by atoms with van der Waals surface area (Å²) in [6.07, 6.45) is 0. The molecule has 0 atom stereocenters. The number of carboxylic acids is 1. The number of H-pyrrole nitrogens is 1. The van der Waals surface area contributed by atoms with E-state index in [-0.39, 0.29) is 17.4 Å². The average molecular weight is 288 g/mol. The van der Waals surface area contributed by atoms with Gasteiger partial charge in [0, 0.05) is 18.4 Å². The Morgan fingerprint density at radius 1 is 1.14 bits per heavy atom. The summed E-state index contributed by atoms with van der Waals surface area (Å²) in [6.45, 7) is 3.27. The van der Waals surface area contributed by atoms with Gasteiger partial charge in [-0.1, -0.05) is 0 Å². The van der Waals surface area contributed by atoms with Crippen LogP contribution >= 0.6 is 0 Å². The number of carbonyl (C=O) groups excluding carboxylic acids is 1. The van der Waals surface area contributed by atoms with Crippen LogP contribution in [0.25, 0.3) is 0 Å². The molecule has 0 saturated heterocycles. The predicted molar refractivity (Wildman–Crippen MR) is 78.1 cm³/mol. The number of anilines is 1. The minimum absolute atomic E-state index is 0.0231. The topological polar surface area (TPSA) is 93.6 Å². The minimum Gasteiger partial charge on any atom is -0.508 e. The number of nitrogens with zero attached hydrogens (tertiary/aromatic N) is 1. The Morgan fingerprint density at radius 2 is 1.71 bits per heavy atom. The smallest absolute Gasteiger partial charge is 0.352 e. The van der Waals surface area contributed by atoms with Gasteiger partial charge in [0.05, 0.1) is 5.56 Å². The highest BCUT2D eigenvalue weighted by atomic mass is 16.4. The van der Waals surface area contributed by atoms with Crippen molar-refractivity contribution in [3.63, 3.8) is 0 Å². The molecule has 6 nitrogen and oxygen atoms in total. The van der Waals surface area contributed by atoms with Crippen molar-refractivity contribution in [2.75, 3.05) is 11.9 Å². The van der Waals surface area contributed by atoms with Crippen molar-refractivity contribution in [3.05, 3.63) is 46.8 Å². The van der Waals surface area contributed by atoms with Crippen molar-refractivity contribution in [2.24, 2.45) is 0 Å². The molecular formula is C15H16N2O4. The van der Waals surface area contributed by atoms with E-state index in [4.69, 9.17) is 5.11 Å². The van der Waals surface area contributed by atoms with Crippen molar-refractivity contribution < 1.29 is 19.8 Å². The molecule has 0 fully saturated rings. The quantitative estimate of drug-likeness (QED) is 0.808. The van der Waals surface area contributed by atoms with Crippen molar-refractivity contribution in [1.82, 2.24) is 4.98 Å². The molecular weight excluding hydrogens is 272 g/mol. The van der Waals surface area contributed by atoms with Crippen molar-refractivity contribution in [2.45, 2.75) is 13.8 Å². The van der Waals surface area contributed by atoms with Gasteiger partial charge < -0.3 is 20.1 Å². The second-order valence-electron chi connectivity index (χ2n) is 4.81. The standard InChI is InChI=1S/C15H16N2O4/c1-8-12(9(2)16-13(8)15(20)21)14(19)17(3)10-4-6-11(18)7-5-10/h4-7,16,18H,1-3H3,(H,20,21). The van der Waals surface area contributed by atoms with E-state index in [9.17, 15) is 14.7 Å². The fourth-order valence-corrected chi connectivity index (χ4v) is 2.25. The summed E-state index contributed by atoms with van der Waals surface area (Å²) in [7, 11) is 1.60. The molecule has 3 N–H and O–H groups in total. The first-order valence-electron chi connectivity index (χ1n) is 6.32. The molecule has 0 spiro atoms. The third-order valence-corrected chi connectivity index (χ3v) is 3.41. The molecule has 1 aromatic heterocycles. The zero-order chi connectivity index (χ0) is 15.7. The average Bonchev–Trinajstić information content (AvgIpc) is 2.73. The fraction of sp³-hybridized carbons (Fsp3) is 0.200. The second kappa shape index (κ2) is 5.32. The molecule has 0 aliphatic heterocycles. The molecule has 0 radical (unpaired) electrons. The molecule has 2 aromatic rings. The Labute approximate surface area is 121 Å². The first kappa shape index (κ1) is 14.6. The monoisotopic (exact) mass is 288 g/mol. The van der Waals surface area contributed by atoms with Gasteiger partial charge in [0.2, 0.25) is 0 Å². The summed E-state index contributed by atoms with van der Waals surface area (Å²) in [5.41, 5.74) is 1.91. The van der Waals surface area contributed by atoms with Crippen LogP contribution < -0.4 is 4.90 Å². The maximum absolute atomic E-state index is 12.6. The largest absolute Gasteiger partial charge is 0.508 e. The Morgan fingerprint density at radius 3 is 2.19 bits per heavy atom. The van der Waals surface area contributed by atoms with Crippen LogP contribution in [0.3, 0.4) is 0 Å². The highest BCUT2D eigenvalue weighted by Gasteiger charge is 2.24. The maximum atomic E-state index is 12.6. The third-order valence-electron chi connectivity index (χ3n) is 3.41. The van der Waals surface area contributed by atoms with Crippen molar-refractivity contribution in [3.8, 4) is 5.75 Å². The number of aromatic hydroxyl groups is 1. The molecule has 21 heavy (non-hydrogen) atoms. The minimum atomic E-state index is -1.10. The Hall–Kier alpha value is -2.76. The Bertz CT molecular complexity index is 701. The van der Waals surface area contributed by atoms with E-state index >= 15 is 0 Å². The van der Waals surface area contributed by atoms with Crippen molar-refractivity contribution >= 4 is 17.6 Å². The zero-order valence-corrected chi connectivity index (χ0v) is 12.0. The highest BCUT2D eigenvalue weighted by Crippen LogP contribution is 2.23. The predicted octanol–water partition coefficient (Wildman–Crippen LogP) is 2.31. The number of phenols is 1. The molecule has 1 heterocycles. The van der Waals surface area contributed by atoms with Crippen LogP contribution in [0.5, 0.6) is 5.75 Å². The van der Waals surface area contributed by atoms with E-state index in [1.165, 1.54) is 17.0 Å². The number of hydrogen-bond acceptors (Lipinski definition) is 3. The lowest BCUT2D eigenvalue weighted by Gasteiger charge is -2.18. The highest BCUT2D eigenvalue weighted by molar-refractivity contribution is 6.09. The molecule has 0 aliphatic rings. The van der Waals surface area contributed by atoms with Gasteiger partial charge in [-0.2, -0.15) is 0 Å². The molecule has 0 saturated carbocycles. The molecule has 0 bridgehead atoms. The number of nitrogens with one attached hydrogen (secondary N) is 1. The number of aromatic carboxylic acids is 1. The number of amides is 1. The molecule has 2 rings (SSSR count). The summed E-state index contributed by atoms with van der Waals surface area (Å²) in [5.74, 6) is -1.29. The van der Waals surface area contributed by atoms with E-state index in [1.807, 2.05) is 0 Å². The fourth-order valence-electron chi connectivity index (χ4n) is 2.25. The Kier molecular flexibility index (Phi) is 3.71. The summed E-state index contributed by atoms with van der Waals surface area (Å²) < 4.78 is 0. The van der Waals surface area contributed by atoms with Crippen LogP contribution in [0.4, 0.5) is 5.69 Å². The first-order valence-corrected chi connectivity index (χ1v) is 6.32. The van der Waals surface area contributed by atoms with Crippen LogP contribution in [0.15, 0.2) is 24.3 Å². The summed E-state index contributed by atoms with van der Waals surface area (Å²) in [4.78, 5) is 27.8. The number of phenolic OH excluding ortho intramolecular Hbond substituents is 1. The lowest BCUT2D eigenvalue weighted by atomic mass is 10.1. The number of carboxylic acid groups (broad SMARTS) is 1. The van der Waals surface area contributed by atoms with Gasteiger partial charge in [0.1, 0.15) is 11.4 Å². The lowest BCUT2D eigenvalue weighted by Crippen LogP contribution is -2.27. The van der Waals surface area contributed by atoms with Gasteiger partial charge in [0.15, 0.2) is 0 Å². The van der Waals surface area contributed by atoms with Gasteiger partial charge in [-0.05, 0) is 43.7 Å². The molecule has 0 aliphatic carbocycles. The summed E-state index contributed by atoms with van der Waals surface area (Å²) >= 11 is 0. The maximum Gasteiger partial charge on any atom is 0.352 e. The van der Waals surface area contributed by atoms with E-state index in [1.54, 1.807) is 33.0 Å². The third kappa shape index (κ3) is 2.60. The SMILES string of the molecule is Cc1[nH]c(C(=O)O)c(C)c1C(=O)N(C)c1ccc(O)cc1. The number of aromatic nitrogens is 1. The van der Waals surface area contributed by atoms with Crippen LogP contribution in [0.2, 0.25) is 0 Å². The molecule has 6 heteroatoms. The van der Waals surface area contributed by atoms with Crippen LogP contribution in [-0.4, -0.2) is 34.1 Å². The van der Waals surface area contributed by atoms with Gasteiger partial charge in [0.25, 0.3) is 5.91 Å². The number of aromatic amines is 1. The van der Waals surface area contributed by atoms with Crippen molar-refractivity contribution in [1.29, 1.82) is 0 Å². The number of carbonyl (C=O) groups is 2. The molecule has 1 amide bonds. The number of hydrogen-bond donors (Lipinski definition) is 3. The summed E-state index contributed by atoms with van der Waals surface area (Å²) in [6, 6.07) is 6.20. The first-order chi connectivity index (χ1) is 9.82. The normalized spacial score (nSPS) is 10.4.